The number of nitrogens with one attached hydrogen (secondary N) is 1. The van der Waals surface area contributed by atoms with Gasteiger partial charge in [0.1, 0.15) is 6.10 Å². The summed E-state index contributed by atoms with van der Waals surface area (Å²) >= 11 is 0. The Hall–Kier alpha value is -1.31. The van der Waals surface area contributed by atoms with Crippen molar-refractivity contribution in [3.05, 3.63) is 0 Å². The smallest absolute Gasteiger partial charge is 0.397 e. The van der Waals surface area contributed by atoms with Gasteiger partial charge in [0, 0.05) is 58.0 Å². The van der Waals surface area contributed by atoms with Crippen LogP contribution in [0.1, 0.15) is 113 Å². The molecule has 0 aromatic rings. The number of esters is 1. The van der Waals surface area contributed by atoms with Gasteiger partial charge in [-0.2, -0.15) is 8.42 Å². The van der Waals surface area contributed by atoms with E-state index in [9.17, 15) is 22.6 Å². The average molecular weight is 713 g/mol. The molecule has 49 heavy (non-hydrogen) atoms. The maximum atomic E-state index is 14.3. The summed E-state index contributed by atoms with van der Waals surface area (Å²) < 4.78 is 44.2. The van der Waals surface area contributed by atoms with Crippen LogP contribution >= 0.6 is 0 Å². The molecule has 0 saturated heterocycles. The molecule has 0 aromatic carbocycles. The third-order valence-corrected chi connectivity index (χ3v) is 14.8. The van der Waals surface area contributed by atoms with Gasteiger partial charge in [0.15, 0.2) is 0 Å². The second-order valence-electron chi connectivity index (χ2n) is 17.3. The van der Waals surface area contributed by atoms with Crippen molar-refractivity contribution in [1.29, 1.82) is 0 Å². The van der Waals surface area contributed by atoms with Crippen LogP contribution in [-0.2, 0) is 28.9 Å². The summed E-state index contributed by atoms with van der Waals surface area (Å²) in [5.41, 5.74) is 11.4. The Balaban J connectivity index is 1.63. The van der Waals surface area contributed by atoms with Gasteiger partial charge in [-0.3, -0.25) is 19.0 Å². The largest absolute Gasteiger partial charge is 0.462 e. The zero-order chi connectivity index (χ0) is 36.4. The monoisotopic (exact) mass is 712 g/mol. The standard InChI is InChI=1S/C37H68N4O7S/c1-24(2)9-8-10-27(34(43)40-19-22-41(20-17-38)21-18-39)33-29-11-12-32-35(5)15-14-30(48-49(44,45)46)25(3)28(35)13-16-36(32,6)37(29,7)23-31(33)47-26(4)42/h24-25,27-33H,8-23,38-39H2,1-7H3,(H,40,43)(H,44,45,46)/t25-,27+,28-,29-,30+,31-,32-,33-,35-,36-,37-/m0/s1. The lowest BCUT2D eigenvalue weighted by atomic mass is 9.37. The minimum atomic E-state index is -4.52. The van der Waals surface area contributed by atoms with Crippen LogP contribution in [0.2, 0.25) is 0 Å². The molecule has 0 aliphatic heterocycles. The Morgan fingerprint density at radius 1 is 0.939 bits per heavy atom. The van der Waals surface area contributed by atoms with E-state index >= 15 is 0 Å². The van der Waals surface area contributed by atoms with E-state index in [-0.39, 0.29) is 63.8 Å². The summed E-state index contributed by atoms with van der Waals surface area (Å²) in [6, 6.07) is 0. The summed E-state index contributed by atoms with van der Waals surface area (Å²) in [6.45, 7) is 19.0. The van der Waals surface area contributed by atoms with Gasteiger partial charge in [0.25, 0.3) is 0 Å². The molecular weight excluding hydrogens is 644 g/mol. The molecule has 11 atom stereocenters. The second-order valence-corrected chi connectivity index (χ2v) is 18.3. The van der Waals surface area contributed by atoms with Gasteiger partial charge in [0.05, 0.1) is 6.10 Å². The molecular formula is C37H68N4O7S. The van der Waals surface area contributed by atoms with Gasteiger partial charge in [-0.05, 0) is 97.2 Å². The molecule has 1 amide bonds. The highest BCUT2D eigenvalue weighted by molar-refractivity contribution is 7.80. The fourth-order valence-corrected chi connectivity index (χ4v) is 12.5. The van der Waals surface area contributed by atoms with E-state index in [4.69, 9.17) is 20.4 Å². The molecule has 284 valence electrons. The number of carbonyl (C=O) groups excluding carboxylic acids is 2. The molecule has 0 unspecified atom stereocenters. The zero-order valence-corrected chi connectivity index (χ0v) is 32.2. The van der Waals surface area contributed by atoms with Crippen LogP contribution in [0.4, 0.5) is 0 Å². The Kier molecular flexibility index (Phi) is 13.3. The number of ether oxygens (including phenoxy) is 1. The number of nitrogens with two attached hydrogens (primary N) is 2. The quantitative estimate of drug-likeness (QED) is 0.129. The topological polar surface area (TPSA) is 174 Å². The lowest BCUT2D eigenvalue weighted by molar-refractivity contribution is -0.201. The Morgan fingerprint density at radius 3 is 2.20 bits per heavy atom. The summed E-state index contributed by atoms with van der Waals surface area (Å²) in [6.07, 6.45) is 8.00. The van der Waals surface area contributed by atoms with Crippen LogP contribution in [-0.4, -0.2) is 81.2 Å². The van der Waals surface area contributed by atoms with E-state index in [1.165, 1.54) is 6.92 Å². The number of hydrogen-bond acceptors (Lipinski definition) is 9. The van der Waals surface area contributed by atoms with Crippen molar-refractivity contribution in [3.63, 3.8) is 0 Å². The molecule has 0 radical (unpaired) electrons. The molecule has 4 aliphatic carbocycles. The fourth-order valence-electron chi connectivity index (χ4n) is 12.0. The number of fused-ring (bicyclic) bond motifs is 5. The first-order valence-corrected chi connectivity index (χ1v) is 20.5. The molecule has 4 aliphatic rings. The first kappa shape index (κ1) is 40.5. The molecule has 0 aromatic heterocycles. The summed E-state index contributed by atoms with van der Waals surface area (Å²) in [7, 11) is -4.52. The van der Waals surface area contributed by atoms with Crippen molar-refractivity contribution in [2.75, 3.05) is 39.3 Å². The minimum absolute atomic E-state index is 0.000498. The van der Waals surface area contributed by atoms with Crippen LogP contribution < -0.4 is 16.8 Å². The predicted octanol–water partition coefficient (Wildman–Crippen LogP) is 4.79. The van der Waals surface area contributed by atoms with Crippen molar-refractivity contribution in [3.8, 4) is 0 Å². The van der Waals surface area contributed by atoms with Crippen molar-refractivity contribution in [2.24, 2.45) is 69.1 Å². The second kappa shape index (κ2) is 16.1. The van der Waals surface area contributed by atoms with Gasteiger partial charge >= 0.3 is 16.4 Å². The Bertz CT molecular complexity index is 1240. The SMILES string of the molecule is CC(=O)O[C@H]1C[C@@]2(C)[C@@H](CC[C@H]3[C@@]4(C)CC[C@@H](OS(=O)(=O)O)[C@@H](C)[C@@H]4CC[C@@]32C)[C@@H]1[C@@H](CCCC(C)C)C(=O)NCCN(CCN)CCN. The van der Waals surface area contributed by atoms with Gasteiger partial charge in [-0.1, -0.05) is 54.4 Å². The van der Waals surface area contributed by atoms with Crippen molar-refractivity contribution in [2.45, 2.75) is 125 Å². The van der Waals surface area contributed by atoms with Crippen molar-refractivity contribution >= 4 is 22.3 Å². The van der Waals surface area contributed by atoms with Crippen molar-refractivity contribution < 1.29 is 31.5 Å². The van der Waals surface area contributed by atoms with Gasteiger partial charge < -0.3 is 21.5 Å². The predicted molar refractivity (Wildman–Crippen MR) is 191 cm³/mol. The van der Waals surface area contributed by atoms with E-state index in [0.29, 0.717) is 44.4 Å². The first-order chi connectivity index (χ1) is 22.9. The molecule has 6 N–H and O–H groups in total. The minimum Gasteiger partial charge on any atom is -0.462 e. The van der Waals surface area contributed by atoms with Crippen LogP contribution in [0, 0.1) is 57.7 Å². The first-order valence-electron chi connectivity index (χ1n) is 19.1. The van der Waals surface area contributed by atoms with Crippen LogP contribution in [0.3, 0.4) is 0 Å². The fraction of sp³-hybridized carbons (Fsp3) is 0.946. The number of rotatable bonds is 16. The Labute approximate surface area is 296 Å². The summed E-state index contributed by atoms with van der Waals surface area (Å²) in [5.74, 6) is 0.893. The van der Waals surface area contributed by atoms with E-state index < -0.39 is 16.5 Å². The number of hydrogen-bond donors (Lipinski definition) is 4. The normalized spacial score (nSPS) is 38.1. The van der Waals surface area contributed by atoms with E-state index in [2.05, 4.69) is 51.8 Å². The molecule has 0 heterocycles. The highest BCUT2D eigenvalue weighted by atomic mass is 32.3. The number of carbonyl (C=O) groups is 2. The van der Waals surface area contributed by atoms with Gasteiger partial charge in [0.2, 0.25) is 5.91 Å². The molecule has 4 saturated carbocycles. The average Bonchev–Trinajstić information content (AvgIpc) is 3.28. The van der Waals surface area contributed by atoms with Crippen LogP contribution in [0.5, 0.6) is 0 Å². The number of amides is 1. The third-order valence-electron chi connectivity index (χ3n) is 14.3. The maximum absolute atomic E-state index is 14.3. The number of nitrogens with zero attached hydrogens (tertiary/aromatic N) is 1. The van der Waals surface area contributed by atoms with Gasteiger partial charge in [-0.15, -0.1) is 0 Å². The maximum Gasteiger partial charge on any atom is 0.397 e. The highest BCUT2D eigenvalue weighted by Crippen LogP contribution is 2.75. The molecule has 0 bridgehead atoms. The van der Waals surface area contributed by atoms with E-state index in [1.54, 1.807) is 0 Å². The lowest BCUT2D eigenvalue weighted by Crippen LogP contribution is -2.62. The Morgan fingerprint density at radius 2 is 1.61 bits per heavy atom. The summed E-state index contributed by atoms with van der Waals surface area (Å²) in [4.78, 5) is 29.1. The molecule has 0 spiro atoms. The zero-order valence-electron chi connectivity index (χ0n) is 31.4. The highest BCUT2D eigenvalue weighted by Gasteiger charge is 2.70. The molecule has 4 rings (SSSR count). The van der Waals surface area contributed by atoms with E-state index in [0.717, 1.165) is 70.9 Å². The molecule has 12 heteroatoms. The third kappa shape index (κ3) is 8.51. The molecule has 11 nitrogen and oxygen atoms in total. The summed E-state index contributed by atoms with van der Waals surface area (Å²) in [5, 5.41) is 3.29. The molecule has 4 fully saturated rings. The lowest BCUT2D eigenvalue weighted by Gasteiger charge is -2.68. The van der Waals surface area contributed by atoms with Gasteiger partial charge in [-0.25, -0.2) is 4.18 Å². The van der Waals surface area contributed by atoms with Crippen LogP contribution in [0.25, 0.3) is 0 Å². The van der Waals surface area contributed by atoms with Crippen molar-refractivity contribution in [1.82, 2.24) is 10.2 Å². The van der Waals surface area contributed by atoms with Crippen LogP contribution in [0.15, 0.2) is 0 Å². The van der Waals surface area contributed by atoms with E-state index in [1.807, 2.05) is 0 Å².